The molecule has 2 aromatic carbocycles. The number of halogens is 1. The van der Waals surface area contributed by atoms with E-state index in [9.17, 15) is 19.3 Å². The van der Waals surface area contributed by atoms with Gasteiger partial charge in [0.05, 0.1) is 4.92 Å². The SMILES string of the molecule is CCc1cn(Cc2ccc([N+](=O)[O-])cc2)c(C(=O)OC(C)(C)C)c1-c1ccc(F)cc1. The molecule has 0 aliphatic rings. The molecule has 6 nitrogen and oxygen atoms in total. The van der Waals surface area contributed by atoms with E-state index in [0.29, 0.717) is 24.2 Å². The molecule has 162 valence electrons. The number of aryl methyl sites for hydroxylation is 1. The summed E-state index contributed by atoms with van der Waals surface area (Å²) in [5.74, 6) is -0.834. The molecule has 1 heterocycles. The quantitative estimate of drug-likeness (QED) is 0.286. The molecule has 0 N–H and O–H groups in total. The van der Waals surface area contributed by atoms with Gasteiger partial charge in [-0.15, -0.1) is 0 Å². The normalized spacial score (nSPS) is 11.4. The van der Waals surface area contributed by atoms with Gasteiger partial charge in [0.2, 0.25) is 0 Å². The van der Waals surface area contributed by atoms with E-state index in [1.807, 2.05) is 13.1 Å². The Hall–Kier alpha value is -3.48. The van der Waals surface area contributed by atoms with E-state index in [1.165, 1.54) is 24.3 Å². The molecule has 7 heteroatoms. The van der Waals surface area contributed by atoms with Gasteiger partial charge in [-0.2, -0.15) is 0 Å². The standard InChI is InChI=1S/C24H25FN2O4/c1-5-17-15-26(14-16-6-12-20(13-7-16)27(29)30)22(23(28)31-24(2,3)4)21(17)18-8-10-19(25)11-9-18/h6-13,15H,5,14H2,1-4H3. The molecule has 0 saturated carbocycles. The number of hydrogen-bond acceptors (Lipinski definition) is 4. The number of non-ortho nitro benzene ring substituents is 1. The third kappa shape index (κ3) is 5.17. The highest BCUT2D eigenvalue weighted by atomic mass is 19.1. The zero-order valence-corrected chi connectivity index (χ0v) is 18.0. The van der Waals surface area contributed by atoms with Crippen molar-refractivity contribution in [1.29, 1.82) is 0 Å². The first-order valence-corrected chi connectivity index (χ1v) is 10.0. The van der Waals surface area contributed by atoms with Crippen LogP contribution in [-0.2, 0) is 17.7 Å². The maximum atomic E-state index is 13.5. The third-order valence-electron chi connectivity index (χ3n) is 4.76. The van der Waals surface area contributed by atoms with Crippen LogP contribution in [0.1, 0.15) is 49.3 Å². The van der Waals surface area contributed by atoms with Gasteiger partial charge in [0.15, 0.2) is 0 Å². The number of aromatic nitrogens is 1. The number of rotatable bonds is 6. The number of ether oxygens (including phenoxy) is 1. The second-order valence-corrected chi connectivity index (χ2v) is 8.29. The number of nitro groups is 1. The third-order valence-corrected chi connectivity index (χ3v) is 4.76. The Morgan fingerprint density at radius 3 is 2.23 bits per heavy atom. The molecule has 0 radical (unpaired) electrons. The van der Waals surface area contributed by atoms with Crippen LogP contribution in [0.4, 0.5) is 10.1 Å². The second kappa shape index (κ2) is 8.71. The molecule has 0 fully saturated rings. The molecule has 0 atom stereocenters. The molecule has 0 bridgehead atoms. The lowest BCUT2D eigenvalue weighted by molar-refractivity contribution is -0.384. The molecule has 0 unspecified atom stereocenters. The Labute approximate surface area is 180 Å². The molecule has 1 aromatic heterocycles. The van der Waals surface area contributed by atoms with Crippen LogP contribution in [-0.4, -0.2) is 21.1 Å². The molecular formula is C24H25FN2O4. The van der Waals surface area contributed by atoms with E-state index in [-0.39, 0.29) is 11.5 Å². The van der Waals surface area contributed by atoms with Crippen molar-refractivity contribution in [2.45, 2.75) is 46.3 Å². The highest BCUT2D eigenvalue weighted by Gasteiger charge is 2.27. The van der Waals surface area contributed by atoms with E-state index in [2.05, 4.69) is 0 Å². The summed E-state index contributed by atoms with van der Waals surface area (Å²) >= 11 is 0. The van der Waals surface area contributed by atoms with Gasteiger partial charge in [0.1, 0.15) is 17.1 Å². The van der Waals surface area contributed by atoms with Gasteiger partial charge in [0.25, 0.3) is 5.69 Å². The lowest BCUT2D eigenvalue weighted by Gasteiger charge is -2.21. The number of benzene rings is 2. The predicted molar refractivity (Wildman–Crippen MR) is 117 cm³/mol. The summed E-state index contributed by atoms with van der Waals surface area (Å²) in [6.45, 7) is 7.71. The summed E-state index contributed by atoms with van der Waals surface area (Å²) in [5, 5.41) is 10.9. The highest BCUT2D eigenvalue weighted by molar-refractivity contribution is 5.97. The summed E-state index contributed by atoms with van der Waals surface area (Å²) in [5.41, 5.74) is 2.85. The summed E-state index contributed by atoms with van der Waals surface area (Å²) in [6.07, 6.45) is 2.55. The van der Waals surface area contributed by atoms with E-state index in [0.717, 1.165) is 16.7 Å². The lowest BCUT2D eigenvalue weighted by atomic mass is 10.00. The molecule has 0 amide bonds. The molecular weight excluding hydrogens is 399 g/mol. The lowest BCUT2D eigenvalue weighted by Crippen LogP contribution is -2.26. The van der Waals surface area contributed by atoms with Gasteiger partial charge in [-0.25, -0.2) is 9.18 Å². The molecule has 3 aromatic rings. The van der Waals surface area contributed by atoms with Crippen molar-refractivity contribution in [3.8, 4) is 11.1 Å². The highest BCUT2D eigenvalue weighted by Crippen LogP contribution is 2.32. The minimum absolute atomic E-state index is 0.00451. The van der Waals surface area contributed by atoms with Crippen LogP contribution in [0.5, 0.6) is 0 Å². The first kappa shape index (κ1) is 22.2. The zero-order valence-electron chi connectivity index (χ0n) is 18.0. The summed E-state index contributed by atoms with van der Waals surface area (Å²) < 4.78 is 21.0. The molecule has 31 heavy (non-hydrogen) atoms. The average Bonchev–Trinajstić information content (AvgIpc) is 3.06. The zero-order chi connectivity index (χ0) is 22.8. The molecule has 0 aliphatic carbocycles. The van der Waals surface area contributed by atoms with Crippen molar-refractivity contribution < 1.29 is 18.8 Å². The van der Waals surface area contributed by atoms with Crippen LogP contribution >= 0.6 is 0 Å². The van der Waals surface area contributed by atoms with Crippen molar-refractivity contribution in [1.82, 2.24) is 4.57 Å². The van der Waals surface area contributed by atoms with Crippen molar-refractivity contribution in [3.63, 3.8) is 0 Å². The largest absolute Gasteiger partial charge is 0.455 e. The van der Waals surface area contributed by atoms with E-state index >= 15 is 0 Å². The number of carbonyl (C=O) groups excluding carboxylic acids is 1. The fraction of sp³-hybridized carbons (Fsp3) is 0.292. The number of nitro benzene ring substituents is 1. The van der Waals surface area contributed by atoms with Gasteiger partial charge in [-0.05, 0) is 56.0 Å². The van der Waals surface area contributed by atoms with Crippen LogP contribution < -0.4 is 0 Å². The van der Waals surface area contributed by atoms with Crippen molar-refractivity contribution in [2.75, 3.05) is 0 Å². The minimum atomic E-state index is -0.689. The van der Waals surface area contributed by atoms with E-state index in [4.69, 9.17) is 4.74 Å². The molecule has 0 spiro atoms. The smallest absolute Gasteiger partial charge is 0.356 e. The van der Waals surface area contributed by atoms with Crippen molar-refractivity contribution >= 4 is 11.7 Å². The average molecular weight is 424 g/mol. The Morgan fingerprint density at radius 2 is 1.71 bits per heavy atom. The molecule has 0 saturated heterocycles. The van der Waals surface area contributed by atoms with Gasteiger partial charge in [-0.1, -0.05) is 31.2 Å². The topological polar surface area (TPSA) is 74.4 Å². The summed E-state index contributed by atoms with van der Waals surface area (Å²) in [6, 6.07) is 12.2. The Kier molecular flexibility index (Phi) is 6.24. The maximum Gasteiger partial charge on any atom is 0.356 e. The molecule has 3 rings (SSSR count). The number of esters is 1. The van der Waals surface area contributed by atoms with Gasteiger partial charge in [0, 0.05) is 30.4 Å². The predicted octanol–water partition coefficient (Wildman–Crippen LogP) is 5.77. The Balaban J connectivity index is 2.12. The molecule has 0 aliphatic heterocycles. The van der Waals surface area contributed by atoms with Crippen LogP contribution in [0.25, 0.3) is 11.1 Å². The monoisotopic (exact) mass is 424 g/mol. The van der Waals surface area contributed by atoms with Crippen LogP contribution in [0, 0.1) is 15.9 Å². The summed E-state index contributed by atoms with van der Waals surface area (Å²) in [7, 11) is 0. The fourth-order valence-electron chi connectivity index (χ4n) is 3.41. The van der Waals surface area contributed by atoms with Gasteiger partial charge in [-0.3, -0.25) is 10.1 Å². The minimum Gasteiger partial charge on any atom is -0.455 e. The van der Waals surface area contributed by atoms with Gasteiger partial charge < -0.3 is 9.30 Å². The Bertz CT molecular complexity index is 1090. The Morgan fingerprint density at radius 1 is 1.10 bits per heavy atom. The van der Waals surface area contributed by atoms with E-state index in [1.54, 1.807) is 49.6 Å². The fourth-order valence-corrected chi connectivity index (χ4v) is 3.41. The van der Waals surface area contributed by atoms with Crippen LogP contribution in [0.15, 0.2) is 54.7 Å². The van der Waals surface area contributed by atoms with Crippen LogP contribution in [0.2, 0.25) is 0 Å². The first-order chi connectivity index (χ1) is 14.6. The second-order valence-electron chi connectivity index (χ2n) is 8.29. The first-order valence-electron chi connectivity index (χ1n) is 10.0. The van der Waals surface area contributed by atoms with E-state index < -0.39 is 16.5 Å². The van der Waals surface area contributed by atoms with Crippen molar-refractivity contribution in [2.24, 2.45) is 0 Å². The maximum absolute atomic E-state index is 13.5. The summed E-state index contributed by atoms with van der Waals surface area (Å²) in [4.78, 5) is 23.7. The van der Waals surface area contributed by atoms with Crippen molar-refractivity contribution in [3.05, 3.63) is 87.5 Å². The number of carbonyl (C=O) groups is 1. The van der Waals surface area contributed by atoms with Crippen LogP contribution in [0.3, 0.4) is 0 Å². The van der Waals surface area contributed by atoms with Gasteiger partial charge >= 0.3 is 5.97 Å². The number of hydrogen-bond donors (Lipinski definition) is 0. The number of nitrogens with zero attached hydrogens (tertiary/aromatic N) is 2.